The highest BCUT2D eigenvalue weighted by Gasteiger charge is 2.21. The van der Waals surface area contributed by atoms with E-state index >= 15 is 0 Å². The third kappa shape index (κ3) is 3.43. The third-order valence-corrected chi connectivity index (χ3v) is 5.35. The lowest BCUT2D eigenvalue weighted by atomic mass is 10.2. The van der Waals surface area contributed by atoms with Crippen molar-refractivity contribution in [1.29, 1.82) is 0 Å². The SMILES string of the molecule is COc1ccc(NS(=O)(=O)c2ccc3c(c2)N(C)CCO3)cc1OC. The van der Waals surface area contributed by atoms with Crippen molar-refractivity contribution in [2.45, 2.75) is 4.90 Å². The van der Waals surface area contributed by atoms with Gasteiger partial charge in [0.1, 0.15) is 12.4 Å². The van der Waals surface area contributed by atoms with Crippen LogP contribution in [0.4, 0.5) is 11.4 Å². The molecule has 2 aromatic carbocycles. The van der Waals surface area contributed by atoms with Crippen LogP contribution in [-0.4, -0.2) is 42.8 Å². The molecule has 0 bridgehead atoms. The average molecular weight is 364 g/mol. The Labute approximate surface area is 147 Å². The molecule has 25 heavy (non-hydrogen) atoms. The molecule has 3 rings (SSSR count). The minimum absolute atomic E-state index is 0.165. The molecule has 0 saturated carbocycles. The summed E-state index contributed by atoms with van der Waals surface area (Å²) in [6.07, 6.45) is 0. The molecular weight excluding hydrogens is 344 g/mol. The summed E-state index contributed by atoms with van der Waals surface area (Å²) < 4.78 is 43.9. The highest BCUT2D eigenvalue weighted by Crippen LogP contribution is 2.34. The van der Waals surface area contributed by atoms with Crippen LogP contribution in [0.1, 0.15) is 0 Å². The van der Waals surface area contributed by atoms with E-state index < -0.39 is 10.0 Å². The second-order valence-corrected chi connectivity index (χ2v) is 7.26. The lowest BCUT2D eigenvalue weighted by molar-refractivity contribution is 0.311. The van der Waals surface area contributed by atoms with E-state index in [0.717, 1.165) is 5.69 Å². The van der Waals surface area contributed by atoms with E-state index in [-0.39, 0.29) is 4.90 Å². The van der Waals surface area contributed by atoms with Gasteiger partial charge in [-0.05, 0) is 30.3 Å². The molecule has 7 nitrogen and oxygen atoms in total. The van der Waals surface area contributed by atoms with E-state index in [4.69, 9.17) is 14.2 Å². The third-order valence-electron chi connectivity index (χ3n) is 3.97. The summed E-state index contributed by atoms with van der Waals surface area (Å²) in [4.78, 5) is 2.13. The standard InChI is InChI=1S/C17H20N2O5S/c1-19-8-9-24-15-7-5-13(11-14(15)19)25(20,21)18-12-4-6-16(22-2)17(10-12)23-3/h4-7,10-11,18H,8-9H2,1-3H3. The van der Waals surface area contributed by atoms with E-state index in [2.05, 4.69) is 4.72 Å². The zero-order valence-electron chi connectivity index (χ0n) is 14.3. The number of rotatable bonds is 5. The van der Waals surface area contributed by atoms with Crippen molar-refractivity contribution in [3.05, 3.63) is 36.4 Å². The molecule has 0 aromatic heterocycles. The summed E-state index contributed by atoms with van der Waals surface area (Å²) >= 11 is 0. The van der Waals surface area contributed by atoms with Crippen LogP contribution < -0.4 is 23.8 Å². The zero-order chi connectivity index (χ0) is 18.0. The smallest absolute Gasteiger partial charge is 0.261 e. The predicted molar refractivity (Wildman–Crippen MR) is 95.6 cm³/mol. The largest absolute Gasteiger partial charge is 0.493 e. The van der Waals surface area contributed by atoms with Crippen LogP contribution in [0.3, 0.4) is 0 Å². The molecule has 2 aromatic rings. The zero-order valence-corrected chi connectivity index (χ0v) is 15.1. The molecule has 0 unspecified atom stereocenters. The van der Waals surface area contributed by atoms with E-state index in [1.165, 1.54) is 20.3 Å². The summed E-state index contributed by atoms with van der Waals surface area (Å²) in [7, 11) is 1.18. The summed E-state index contributed by atoms with van der Waals surface area (Å²) in [5, 5.41) is 0. The van der Waals surface area contributed by atoms with Gasteiger partial charge in [-0.15, -0.1) is 0 Å². The number of hydrogen-bond acceptors (Lipinski definition) is 6. The predicted octanol–water partition coefficient (Wildman–Crippen LogP) is 2.33. The van der Waals surface area contributed by atoms with E-state index in [9.17, 15) is 8.42 Å². The van der Waals surface area contributed by atoms with Gasteiger partial charge in [-0.3, -0.25) is 4.72 Å². The molecule has 1 heterocycles. The molecule has 0 spiro atoms. The number of likely N-dealkylation sites (N-methyl/N-ethyl adjacent to an activating group) is 1. The summed E-state index contributed by atoms with van der Waals surface area (Å²) in [6.45, 7) is 1.29. The summed E-state index contributed by atoms with van der Waals surface area (Å²) in [6, 6.07) is 9.65. The molecule has 1 N–H and O–H groups in total. The molecule has 0 fully saturated rings. The van der Waals surface area contributed by atoms with Gasteiger partial charge < -0.3 is 19.1 Å². The van der Waals surface area contributed by atoms with Crippen molar-refractivity contribution >= 4 is 21.4 Å². The fourth-order valence-electron chi connectivity index (χ4n) is 2.61. The monoisotopic (exact) mass is 364 g/mol. The van der Waals surface area contributed by atoms with Gasteiger partial charge in [0.2, 0.25) is 0 Å². The quantitative estimate of drug-likeness (QED) is 0.877. The van der Waals surface area contributed by atoms with E-state index in [1.807, 2.05) is 11.9 Å². The Morgan fingerprint density at radius 3 is 2.56 bits per heavy atom. The van der Waals surface area contributed by atoms with Crippen molar-refractivity contribution in [1.82, 2.24) is 0 Å². The van der Waals surface area contributed by atoms with Crippen LogP contribution in [0.2, 0.25) is 0 Å². The molecule has 134 valence electrons. The molecule has 0 radical (unpaired) electrons. The summed E-state index contributed by atoms with van der Waals surface area (Å²) in [5.74, 6) is 1.65. The number of methoxy groups -OCH3 is 2. The number of ether oxygens (including phenoxy) is 3. The Bertz CT molecular complexity index is 883. The lowest BCUT2D eigenvalue weighted by Crippen LogP contribution is -2.29. The maximum Gasteiger partial charge on any atom is 0.261 e. The second-order valence-electron chi connectivity index (χ2n) is 5.57. The van der Waals surface area contributed by atoms with Gasteiger partial charge in [0.05, 0.1) is 37.0 Å². The number of fused-ring (bicyclic) bond motifs is 1. The van der Waals surface area contributed by atoms with Gasteiger partial charge in [-0.1, -0.05) is 0 Å². The van der Waals surface area contributed by atoms with Gasteiger partial charge in [-0.25, -0.2) is 8.42 Å². The first-order valence-corrected chi connectivity index (χ1v) is 9.16. The Morgan fingerprint density at radius 2 is 1.84 bits per heavy atom. The van der Waals surface area contributed by atoms with Crippen LogP contribution in [-0.2, 0) is 10.0 Å². The Hall–Kier alpha value is -2.61. The minimum Gasteiger partial charge on any atom is -0.493 e. The van der Waals surface area contributed by atoms with Crippen molar-refractivity contribution < 1.29 is 22.6 Å². The Kier molecular flexibility index (Phi) is 4.63. The normalized spacial score (nSPS) is 13.6. The first-order chi connectivity index (χ1) is 11.9. The molecule has 0 amide bonds. The molecule has 0 aliphatic carbocycles. The van der Waals surface area contributed by atoms with Gasteiger partial charge in [0, 0.05) is 13.1 Å². The van der Waals surface area contributed by atoms with Crippen molar-refractivity contribution in [3.8, 4) is 17.2 Å². The van der Waals surface area contributed by atoms with E-state index in [0.29, 0.717) is 36.1 Å². The second kappa shape index (κ2) is 6.72. The number of anilines is 2. The van der Waals surface area contributed by atoms with Crippen LogP contribution in [0.25, 0.3) is 0 Å². The molecular formula is C17H20N2O5S. The number of hydrogen-bond donors (Lipinski definition) is 1. The molecule has 8 heteroatoms. The fourth-order valence-corrected chi connectivity index (χ4v) is 3.68. The minimum atomic E-state index is -3.74. The van der Waals surface area contributed by atoms with Crippen LogP contribution in [0.5, 0.6) is 17.2 Å². The summed E-state index contributed by atoms with van der Waals surface area (Å²) in [5.41, 5.74) is 1.14. The molecule has 0 saturated heterocycles. The molecule has 0 atom stereocenters. The molecule has 1 aliphatic heterocycles. The van der Waals surface area contributed by atoms with Crippen LogP contribution >= 0.6 is 0 Å². The molecule has 1 aliphatic rings. The van der Waals surface area contributed by atoms with Gasteiger partial charge in [0.15, 0.2) is 11.5 Å². The van der Waals surface area contributed by atoms with Gasteiger partial charge >= 0.3 is 0 Å². The fraction of sp³-hybridized carbons (Fsp3) is 0.294. The number of sulfonamides is 1. The first kappa shape index (κ1) is 17.2. The average Bonchev–Trinajstić information content (AvgIpc) is 2.61. The van der Waals surface area contributed by atoms with Gasteiger partial charge in [0.25, 0.3) is 10.0 Å². The van der Waals surface area contributed by atoms with E-state index in [1.54, 1.807) is 30.3 Å². The number of nitrogens with one attached hydrogen (secondary N) is 1. The maximum absolute atomic E-state index is 12.7. The van der Waals surface area contributed by atoms with Crippen LogP contribution in [0.15, 0.2) is 41.3 Å². The highest BCUT2D eigenvalue weighted by atomic mass is 32.2. The van der Waals surface area contributed by atoms with Crippen LogP contribution in [0, 0.1) is 0 Å². The Balaban J connectivity index is 1.91. The number of nitrogens with zero attached hydrogens (tertiary/aromatic N) is 1. The van der Waals surface area contributed by atoms with Gasteiger partial charge in [-0.2, -0.15) is 0 Å². The van der Waals surface area contributed by atoms with Crippen molar-refractivity contribution in [3.63, 3.8) is 0 Å². The van der Waals surface area contributed by atoms with Crippen molar-refractivity contribution in [2.75, 3.05) is 44.0 Å². The van der Waals surface area contributed by atoms with Crippen molar-refractivity contribution in [2.24, 2.45) is 0 Å². The number of benzene rings is 2. The lowest BCUT2D eigenvalue weighted by Gasteiger charge is -2.28. The first-order valence-electron chi connectivity index (χ1n) is 7.67. The Morgan fingerprint density at radius 1 is 1.08 bits per heavy atom. The maximum atomic E-state index is 12.7. The topological polar surface area (TPSA) is 77.1 Å². The highest BCUT2D eigenvalue weighted by molar-refractivity contribution is 7.92.